The Labute approximate surface area is 150 Å². The van der Waals surface area contributed by atoms with Gasteiger partial charge in [-0.1, -0.05) is 26.0 Å². The van der Waals surface area contributed by atoms with Gasteiger partial charge in [0.1, 0.15) is 5.75 Å². The molecule has 25 heavy (non-hydrogen) atoms. The van der Waals surface area contributed by atoms with E-state index in [2.05, 4.69) is 10.3 Å². The maximum atomic E-state index is 12.3. The summed E-state index contributed by atoms with van der Waals surface area (Å²) in [6, 6.07) is 5.85. The third-order valence-electron chi connectivity index (χ3n) is 3.93. The fourth-order valence-electron chi connectivity index (χ4n) is 2.69. The predicted molar refractivity (Wildman–Crippen MR) is 95.5 cm³/mol. The van der Waals surface area contributed by atoms with Gasteiger partial charge in [0.25, 0.3) is 0 Å². The van der Waals surface area contributed by atoms with Crippen LogP contribution in [0.15, 0.2) is 18.2 Å². The molecule has 1 aliphatic rings. The summed E-state index contributed by atoms with van der Waals surface area (Å²) in [5, 5.41) is 3.18. The van der Waals surface area contributed by atoms with Crippen molar-refractivity contribution in [3.8, 4) is 5.75 Å². The highest BCUT2D eigenvalue weighted by molar-refractivity contribution is 7.16. The molecule has 0 radical (unpaired) electrons. The molecule has 0 aliphatic carbocycles. The number of nitrogens with zero attached hydrogens (tertiary/aromatic N) is 1. The molecule has 0 atom stereocenters. The normalized spacial score (nSPS) is 12.6. The molecule has 0 spiro atoms. The van der Waals surface area contributed by atoms with Crippen LogP contribution in [-0.2, 0) is 22.4 Å². The number of amides is 1. The lowest BCUT2D eigenvalue weighted by atomic mass is 10.1. The SMILES string of the molecule is COC(=O)c1nc(NC(=O)Cc2ccc3c(c2)OCC3)sc1C(C)C. The van der Waals surface area contributed by atoms with Crippen molar-refractivity contribution in [1.82, 2.24) is 4.98 Å². The number of rotatable bonds is 5. The molecule has 1 aromatic heterocycles. The number of methoxy groups -OCH3 is 1. The van der Waals surface area contributed by atoms with Crippen molar-refractivity contribution >= 4 is 28.3 Å². The topological polar surface area (TPSA) is 77.5 Å². The number of carbonyl (C=O) groups excluding carboxylic acids is 2. The number of hydrogen-bond acceptors (Lipinski definition) is 6. The molecule has 3 rings (SSSR count). The van der Waals surface area contributed by atoms with Crippen LogP contribution in [0.3, 0.4) is 0 Å². The lowest BCUT2D eigenvalue weighted by Crippen LogP contribution is -2.14. The van der Waals surface area contributed by atoms with Gasteiger partial charge < -0.3 is 14.8 Å². The van der Waals surface area contributed by atoms with E-state index in [1.807, 2.05) is 32.0 Å². The van der Waals surface area contributed by atoms with E-state index < -0.39 is 5.97 Å². The number of anilines is 1. The van der Waals surface area contributed by atoms with Crippen LogP contribution in [0.4, 0.5) is 5.13 Å². The minimum absolute atomic E-state index is 0.117. The fourth-order valence-corrected chi connectivity index (χ4v) is 3.66. The van der Waals surface area contributed by atoms with Crippen molar-refractivity contribution in [1.29, 1.82) is 0 Å². The molecule has 1 N–H and O–H groups in total. The third-order valence-corrected chi connectivity index (χ3v) is 5.20. The van der Waals surface area contributed by atoms with E-state index in [0.717, 1.165) is 22.6 Å². The van der Waals surface area contributed by atoms with E-state index in [9.17, 15) is 9.59 Å². The Morgan fingerprint density at radius 2 is 2.20 bits per heavy atom. The first kappa shape index (κ1) is 17.4. The molecule has 0 bridgehead atoms. The van der Waals surface area contributed by atoms with Gasteiger partial charge in [-0.3, -0.25) is 4.79 Å². The van der Waals surface area contributed by atoms with Crippen LogP contribution in [0.25, 0.3) is 0 Å². The van der Waals surface area contributed by atoms with Crippen molar-refractivity contribution < 1.29 is 19.1 Å². The van der Waals surface area contributed by atoms with Crippen LogP contribution in [0.1, 0.15) is 46.3 Å². The number of carbonyl (C=O) groups is 2. The standard InChI is InChI=1S/C18H20N2O4S/c1-10(2)16-15(17(22)23-3)20-18(25-16)19-14(21)9-11-4-5-12-6-7-24-13(12)8-11/h4-5,8,10H,6-7,9H2,1-3H3,(H,19,20,21). The molecule has 2 heterocycles. The van der Waals surface area contributed by atoms with Gasteiger partial charge in [-0.15, -0.1) is 11.3 Å². The number of nitrogens with one attached hydrogen (secondary N) is 1. The first-order valence-electron chi connectivity index (χ1n) is 8.11. The zero-order valence-electron chi connectivity index (χ0n) is 14.4. The minimum Gasteiger partial charge on any atom is -0.493 e. The van der Waals surface area contributed by atoms with Gasteiger partial charge in [0.05, 0.1) is 20.1 Å². The van der Waals surface area contributed by atoms with Crippen LogP contribution < -0.4 is 10.1 Å². The Morgan fingerprint density at radius 1 is 1.40 bits per heavy atom. The smallest absolute Gasteiger partial charge is 0.357 e. The Bertz CT molecular complexity index is 813. The summed E-state index contributed by atoms with van der Waals surface area (Å²) in [5.74, 6) is 0.301. The van der Waals surface area contributed by atoms with Crippen LogP contribution in [0.2, 0.25) is 0 Å². The summed E-state index contributed by atoms with van der Waals surface area (Å²) >= 11 is 1.30. The molecule has 1 aliphatic heterocycles. The average Bonchev–Trinajstić information content (AvgIpc) is 3.20. The molecule has 1 aromatic carbocycles. The Hall–Kier alpha value is -2.41. The number of fused-ring (bicyclic) bond motifs is 1. The number of aromatic nitrogens is 1. The summed E-state index contributed by atoms with van der Waals surface area (Å²) < 4.78 is 10.3. The van der Waals surface area contributed by atoms with Crippen LogP contribution in [0.5, 0.6) is 5.75 Å². The van der Waals surface area contributed by atoms with Crippen molar-refractivity contribution in [3.05, 3.63) is 39.9 Å². The van der Waals surface area contributed by atoms with Gasteiger partial charge in [0.2, 0.25) is 5.91 Å². The molecule has 0 unspecified atom stereocenters. The van der Waals surface area contributed by atoms with E-state index in [-0.39, 0.29) is 23.9 Å². The Kier molecular flexibility index (Phi) is 5.03. The minimum atomic E-state index is -0.490. The highest BCUT2D eigenvalue weighted by Gasteiger charge is 2.22. The number of hydrogen-bond donors (Lipinski definition) is 1. The predicted octanol–water partition coefficient (Wildman–Crippen LogP) is 3.17. The first-order valence-corrected chi connectivity index (χ1v) is 8.93. The zero-order valence-corrected chi connectivity index (χ0v) is 15.2. The maximum Gasteiger partial charge on any atom is 0.357 e. The van der Waals surface area contributed by atoms with Gasteiger partial charge >= 0.3 is 5.97 Å². The van der Waals surface area contributed by atoms with Crippen molar-refractivity contribution in [2.45, 2.75) is 32.6 Å². The van der Waals surface area contributed by atoms with E-state index >= 15 is 0 Å². The number of esters is 1. The maximum absolute atomic E-state index is 12.3. The van der Waals surface area contributed by atoms with Crippen molar-refractivity contribution in [3.63, 3.8) is 0 Å². The molecule has 2 aromatic rings. The zero-order chi connectivity index (χ0) is 18.0. The van der Waals surface area contributed by atoms with Gasteiger partial charge in [-0.05, 0) is 23.1 Å². The third kappa shape index (κ3) is 3.82. The van der Waals surface area contributed by atoms with E-state index in [1.165, 1.54) is 24.0 Å². The molecular formula is C18H20N2O4S. The molecule has 0 fully saturated rings. The quantitative estimate of drug-likeness (QED) is 0.829. The van der Waals surface area contributed by atoms with Crippen molar-refractivity contribution in [2.24, 2.45) is 0 Å². The Morgan fingerprint density at radius 3 is 2.92 bits per heavy atom. The van der Waals surface area contributed by atoms with Crippen molar-refractivity contribution in [2.75, 3.05) is 19.0 Å². The van der Waals surface area contributed by atoms with Crippen LogP contribution in [0, 0.1) is 0 Å². The molecule has 0 saturated carbocycles. The van der Waals surface area contributed by atoms with E-state index in [1.54, 1.807) is 0 Å². The average molecular weight is 360 g/mol. The number of ether oxygens (including phenoxy) is 2. The number of benzene rings is 1. The van der Waals surface area contributed by atoms with Gasteiger partial charge in [-0.25, -0.2) is 9.78 Å². The molecule has 132 valence electrons. The van der Waals surface area contributed by atoms with Gasteiger partial charge in [0.15, 0.2) is 10.8 Å². The van der Waals surface area contributed by atoms with E-state index in [0.29, 0.717) is 11.7 Å². The highest BCUT2D eigenvalue weighted by atomic mass is 32.1. The second-order valence-corrected chi connectivity index (χ2v) is 7.17. The van der Waals surface area contributed by atoms with Gasteiger partial charge in [-0.2, -0.15) is 0 Å². The Balaban J connectivity index is 1.71. The summed E-state index contributed by atoms with van der Waals surface area (Å²) in [5.41, 5.74) is 2.32. The lowest BCUT2D eigenvalue weighted by Gasteiger charge is -2.04. The summed E-state index contributed by atoms with van der Waals surface area (Å²) in [6.45, 7) is 4.63. The highest BCUT2D eigenvalue weighted by Crippen LogP contribution is 2.30. The fraction of sp³-hybridized carbons (Fsp3) is 0.389. The first-order chi connectivity index (χ1) is 12.0. The second-order valence-electron chi connectivity index (χ2n) is 6.14. The van der Waals surface area contributed by atoms with Gasteiger partial charge in [0, 0.05) is 11.3 Å². The summed E-state index contributed by atoms with van der Waals surface area (Å²) in [7, 11) is 1.32. The van der Waals surface area contributed by atoms with Crippen LogP contribution in [-0.4, -0.2) is 30.6 Å². The molecular weight excluding hydrogens is 340 g/mol. The molecule has 6 nitrogen and oxygen atoms in total. The second kappa shape index (κ2) is 7.23. The van der Waals surface area contributed by atoms with E-state index in [4.69, 9.17) is 9.47 Å². The largest absolute Gasteiger partial charge is 0.493 e. The lowest BCUT2D eigenvalue weighted by molar-refractivity contribution is -0.115. The summed E-state index contributed by atoms with van der Waals surface area (Å²) in [6.07, 6.45) is 1.13. The molecule has 1 amide bonds. The number of thiazole rings is 1. The van der Waals surface area contributed by atoms with Crippen LogP contribution >= 0.6 is 11.3 Å². The molecule has 7 heteroatoms. The molecule has 0 saturated heterocycles. The monoisotopic (exact) mass is 360 g/mol. The summed E-state index contributed by atoms with van der Waals surface area (Å²) in [4.78, 5) is 29.2.